The number of fused-ring (bicyclic) bond motifs is 1. The lowest BCUT2D eigenvalue weighted by Crippen LogP contribution is -2.42. The standard InChI is InChI=1S/C26H41F3N4O3/c1-25(2,3)36-24(34)33-16-13-22(19-33)32(17-18-35-26(27,28)29)15-7-5-6-10-21-12-11-20-9-8-14-31(4)23(20)30-21/h11-12,22H,5-10,13-19H2,1-4H3/t22-/m1/s1. The predicted molar refractivity (Wildman–Crippen MR) is 133 cm³/mol. The van der Waals surface area contributed by atoms with Gasteiger partial charge in [-0.3, -0.25) is 9.64 Å². The highest BCUT2D eigenvalue weighted by molar-refractivity contribution is 5.68. The van der Waals surface area contributed by atoms with Crippen LogP contribution in [0.25, 0.3) is 0 Å². The van der Waals surface area contributed by atoms with Gasteiger partial charge in [0.15, 0.2) is 0 Å². The molecule has 1 saturated heterocycles. The minimum Gasteiger partial charge on any atom is -0.444 e. The molecule has 0 radical (unpaired) electrons. The first-order chi connectivity index (χ1) is 16.9. The topological polar surface area (TPSA) is 58.1 Å². The summed E-state index contributed by atoms with van der Waals surface area (Å²) in [4.78, 5) is 23.2. The molecule has 1 amide bonds. The van der Waals surface area contributed by atoms with Gasteiger partial charge in [0.2, 0.25) is 0 Å². The maximum Gasteiger partial charge on any atom is 0.522 e. The van der Waals surface area contributed by atoms with Crippen LogP contribution in [0.3, 0.4) is 0 Å². The Kier molecular flexibility index (Phi) is 9.86. The van der Waals surface area contributed by atoms with E-state index in [1.165, 1.54) is 5.56 Å². The molecule has 36 heavy (non-hydrogen) atoms. The Hall–Kier alpha value is -2.07. The number of nitrogens with zero attached hydrogens (tertiary/aromatic N) is 4. The molecule has 0 aromatic carbocycles. The van der Waals surface area contributed by atoms with E-state index < -0.39 is 18.6 Å². The summed E-state index contributed by atoms with van der Waals surface area (Å²) < 4.78 is 47.1. The van der Waals surface area contributed by atoms with Crippen molar-refractivity contribution in [2.24, 2.45) is 0 Å². The number of amides is 1. The first kappa shape index (κ1) is 28.5. The molecule has 2 aliphatic rings. The van der Waals surface area contributed by atoms with Crippen molar-refractivity contribution in [1.29, 1.82) is 0 Å². The zero-order valence-corrected chi connectivity index (χ0v) is 22.1. The number of anilines is 1. The molecule has 10 heteroatoms. The van der Waals surface area contributed by atoms with Crippen molar-refractivity contribution >= 4 is 11.9 Å². The van der Waals surface area contributed by atoms with Crippen LogP contribution in [-0.4, -0.2) is 85.3 Å². The Balaban J connectivity index is 1.47. The Morgan fingerprint density at radius 1 is 1.14 bits per heavy atom. The van der Waals surface area contributed by atoms with Crippen molar-refractivity contribution < 1.29 is 27.4 Å². The Morgan fingerprint density at radius 3 is 2.64 bits per heavy atom. The molecule has 0 bridgehead atoms. The summed E-state index contributed by atoms with van der Waals surface area (Å²) in [5.74, 6) is 1.09. The lowest BCUT2D eigenvalue weighted by atomic mass is 10.0. The van der Waals surface area contributed by atoms with Crippen molar-refractivity contribution in [3.05, 3.63) is 23.4 Å². The average Bonchev–Trinajstić information content (AvgIpc) is 3.27. The fourth-order valence-corrected chi connectivity index (χ4v) is 4.88. The van der Waals surface area contributed by atoms with Crippen LogP contribution in [0.1, 0.15) is 64.1 Å². The summed E-state index contributed by atoms with van der Waals surface area (Å²) in [6, 6.07) is 4.29. The van der Waals surface area contributed by atoms with Crippen molar-refractivity contribution in [3.8, 4) is 0 Å². The van der Waals surface area contributed by atoms with E-state index in [1.54, 1.807) is 4.90 Å². The maximum atomic E-state index is 12.5. The Bertz CT molecular complexity index is 860. The molecule has 3 rings (SSSR count). The van der Waals surface area contributed by atoms with Crippen molar-refractivity contribution in [3.63, 3.8) is 0 Å². The van der Waals surface area contributed by atoms with E-state index in [1.807, 2.05) is 25.7 Å². The summed E-state index contributed by atoms with van der Waals surface area (Å²) in [5, 5.41) is 0. The predicted octanol–water partition coefficient (Wildman–Crippen LogP) is 5.02. The van der Waals surface area contributed by atoms with Crippen LogP contribution in [0.2, 0.25) is 0 Å². The third-order valence-electron chi connectivity index (χ3n) is 6.67. The summed E-state index contributed by atoms with van der Waals surface area (Å²) in [7, 11) is 2.08. The second-order valence-corrected chi connectivity index (χ2v) is 10.8. The molecule has 2 aliphatic heterocycles. The number of alkyl halides is 3. The molecule has 0 aliphatic carbocycles. The highest BCUT2D eigenvalue weighted by Crippen LogP contribution is 2.25. The van der Waals surface area contributed by atoms with Crippen molar-refractivity contribution in [2.75, 3.05) is 51.3 Å². The molecular weight excluding hydrogens is 473 g/mol. The normalized spacial score (nSPS) is 18.6. The minimum atomic E-state index is -4.64. The number of rotatable bonds is 10. The molecule has 0 unspecified atom stereocenters. The van der Waals surface area contributed by atoms with E-state index in [2.05, 4.69) is 28.8 Å². The largest absolute Gasteiger partial charge is 0.522 e. The van der Waals surface area contributed by atoms with Crippen molar-refractivity contribution in [2.45, 2.75) is 83.7 Å². The minimum absolute atomic E-state index is 0.00722. The average molecular weight is 515 g/mol. The smallest absolute Gasteiger partial charge is 0.444 e. The summed E-state index contributed by atoms with van der Waals surface area (Å²) >= 11 is 0. The van der Waals surface area contributed by atoms with E-state index in [4.69, 9.17) is 9.72 Å². The summed E-state index contributed by atoms with van der Waals surface area (Å²) in [6.45, 7) is 7.88. The summed E-state index contributed by atoms with van der Waals surface area (Å²) in [5.41, 5.74) is 1.81. The molecule has 1 aromatic heterocycles. The number of aryl methyl sites for hydroxylation is 2. The van der Waals surface area contributed by atoms with Gasteiger partial charge in [-0.05, 0) is 77.5 Å². The monoisotopic (exact) mass is 514 g/mol. The second kappa shape index (κ2) is 12.4. The molecule has 1 fully saturated rings. The van der Waals surface area contributed by atoms with Gasteiger partial charge in [0.05, 0.1) is 6.61 Å². The van der Waals surface area contributed by atoms with Gasteiger partial charge < -0.3 is 14.5 Å². The van der Waals surface area contributed by atoms with Crippen LogP contribution in [0.4, 0.5) is 23.8 Å². The summed E-state index contributed by atoms with van der Waals surface area (Å²) in [6.07, 6.45) is 1.59. The Labute approximate surface area is 212 Å². The van der Waals surface area contributed by atoms with E-state index in [-0.39, 0.29) is 18.7 Å². The fraction of sp³-hybridized carbons (Fsp3) is 0.769. The van der Waals surface area contributed by atoms with Gasteiger partial charge in [0.1, 0.15) is 11.4 Å². The van der Waals surface area contributed by atoms with E-state index in [9.17, 15) is 18.0 Å². The molecule has 204 valence electrons. The van der Waals surface area contributed by atoms with E-state index in [0.29, 0.717) is 26.1 Å². The molecule has 0 saturated carbocycles. The first-order valence-electron chi connectivity index (χ1n) is 13.0. The number of unbranched alkanes of at least 4 members (excludes halogenated alkanes) is 2. The van der Waals surface area contributed by atoms with Crippen LogP contribution in [0.15, 0.2) is 12.1 Å². The molecular formula is C26H41F3N4O3. The van der Waals surface area contributed by atoms with Crippen LogP contribution in [0, 0.1) is 0 Å². The van der Waals surface area contributed by atoms with Gasteiger partial charge in [-0.15, -0.1) is 13.2 Å². The van der Waals surface area contributed by atoms with Crippen LogP contribution >= 0.6 is 0 Å². The first-order valence-corrected chi connectivity index (χ1v) is 13.0. The van der Waals surface area contributed by atoms with Gasteiger partial charge in [-0.2, -0.15) is 0 Å². The third-order valence-corrected chi connectivity index (χ3v) is 6.67. The highest BCUT2D eigenvalue weighted by atomic mass is 19.4. The number of likely N-dealkylation sites (tertiary alicyclic amines) is 1. The van der Waals surface area contributed by atoms with Crippen LogP contribution in [-0.2, 0) is 22.3 Å². The number of pyridine rings is 1. The van der Waals surface area contributed by atoms with Gasteiger partial charge in [-0.1, -0.05) is 12.5 Å². The molecule has 0 N–H and O–H groups in total. The number of aromatic nitrogens is 1. The number of hydrogen-bond donors (Lipinski definition) is 0. The molecule has 1 atom stereocenters. The maximum absolute atomic E-state index is 12.5. The van der Waals surface area contributed by atoms with Gasteiger partial charge >= 0.3 is 12.5 Å². The fourth-order valence-electron chi connectivity index (χ4n) is 4.88. The Morgan fingerprint density at radius 2 is 1.92 bits per heavy atom. The van der Waals surface area contributed by atoms with Crippen molar-refractivity contribution in [1.82, 2.24) is 14.8 Å². The zero-order valence-electron chi connectivity index (χ0n) is 22.1. The van der Waals surface area contributed by atoms with E-state index >= 15 is 0 Å². The number of carbonyl (C=O) groups excluding carboxylic acids is 1. The van der Waals surface area contributed by atoms with Crippen LogP contribution in [0.5, 0.6) is 0 Å². The number of carbonyl (C=O) groups is 1. The van der Waals surface area contributed by atoms with Gasteiger partial charge in [0.25, 0.3) is 0 Å². The molecule has 3 heterocycles. The zero-order chi connectivity index (χ0) is 26.3. The lowest BCUT2D eigenvalue weighted by Gasteiger charge is -2.29. The number of hydrogen-bond acceptors (Lipinski definition) is 6. The number of halogens is 3. The van der Waals surface area contributed by atoms with Crippen LogP contribution < -0.4 is 4.90 Å². The molecule has 1 aromatic rings. The lowest BCUT2D eigenvalue weighted by molar-refractivity contribution is -0.325. The number of ether oxygens (including phenoxy) is 2. The quantitative estimate of drug-likeness (QED) is 0.409. The molecule has 7 nitrogen and oxygen atoms in total. The highest BCUT2D eigenvalue weighted by Gasteiger charge is 2.34. The van der Waals surface area contributed by atoms with Gasteiger partial charge in [-0.25, -0.2) is 9.78 Å². The SMILES string of the molecule is CN1CCCc2ccc(CCCCCN(CCOC(F)(F)F)[C@@H]3CCN(C(=O)OC(C)(C)C)C3)nc21. The third kappa shape index (κ3) is 9.10. The van der Waals surface area contributed by atoms with E-state index in [0.717, 1.165) is 56.6 Å². The molecule has 0 spiro atoms. The second-order valence-electron chi connectivity index (χ2n) is 10.8. The van der Waals surface area contributed by atoms with Gasteiger partial charge in [0, 0.05) is 45.0 Å².